The number of aliphatic hydroxyl groups excluding tert-OH is 2. The van der Waals surface area contributed by atoms with E-state index in [0.717, 1.165) is 0 Å². The average molecular weight is 302 g/mol. The molecule has 1 fully saturated rings. The molecule has 9 heteroatoms. The molecule has 0 aromatic carbocycles. The van der Waals surface area contributed by atoms with E-state index in [2.05, 4.69) is 15.3 Å². The third kappa shape index (κ3) is 3.85. The first-order valence-corrected chi connectivity index (χ1v) is 7.97. The first kappa shape index (κ1) is 15.1. The number of primary sulfonamides is 1. The molecule has 0 radical (unpaired) electrons. The van der Waals surface area contributed by atoms with Gasteiger partial charge in [0.05, 0.1) is 17.9 Å². The summed E-state index contributed by atoms with van der Waals surface area (Å²) in [5.74, 6) is 0.0211. The Hall–Kier alpha value is -1.29. The maximum absolute atomic E-state index is 10.9. The van der Waals surface area contributed by atoms with Crippen LogP contribution in [0.3, 0.4) is 0 Å². The second-order valence-electron chi connectivity index (χ2n) is 4.98. The van der Waals surface area contributed by atoms with Gasteiger partial charge in [0.2, 0.25) is 10.0 Å². The van der Waals surface area contributed by atoms with Crippen LogP contribution in [0.5, 0.6) is 0 Å². The highest BCUT2D eigenvalue weighted by Crippen LogP contribution is 2.31. The van der Waals surface area contributed by atoms with Gasteiger partial charge in [-0.2, -0.15) is 0 Å². The zero-order chi connectivity index (χ0) is 14.8. The van der Waals surface area contributed by atoms with Gasteiger partial charge < -0.3 is 15.5 Å². The third-order valence-corrected chi connectivity index (χ3v) is 4.29. The van der Waals surface area contributed by atoms with Crippen molar-refractivity contribution in [1.29, 1.82) is 0 Å². The maximum Gasteiger partial charge on any atom is 0.209 e. The zero-order valence-electron chi connectivity index (χ0n) is 10.8. The number of rotatable bonds is 5. The summed E-state index contributed by atoms with van der Waals surface area (Å²) in [5.41, 5.74) is 0. The first-order chi connectivity index (χ1) is 9.37. The predicted molar refractivity (Wildman–Crippen MR) is 72.2 cm³/mol. The maximum atomic E-state index is 10.9. The number of hydrogen-bond acceptors (Lipinski definition) is 7. The minimum Gasteiger partial charge on any atom is -0.390 e. The number of anilines is 1. The summed E-state index contributed by atoms with van der Waals surface area (Å²) in [7, 11) is -3.56. The standard InChI is InChI=1S/C11H18N4O4S/c12-20(18,19)4-2-7-5-8(11(17)10(7)16)15-9-1-3-13-6-14-9/h1,3,6-8,10-11,16-17H,2,4-5H2,(H2,12,18,19)(H,13,14,15)/t7-,8+,10+,11-/m0/s1. The van der Waals surface area contributed by atoms with Gasteiger partial charge >= 0.3 is 0 Å². The van der Waals surface area contributed by atoms with Crippen LogP contribution in [0.2, 0.25) is 0 Å². The molecule has 0 saturated heterocycles. The quantitative estimate of drug-likeness (QED) is 0.529. The smallest absolute Gasteiger partial charge is 0.209 e. The Morgan fingerprint density at radius 3 is 2.75 bits per heavy atom. The number of nitrogens with zero attached hydrogens (tertiary/aromatic N) is 2. The molecule has 0 spiro atoms. The van der Waals surface area contributed by atoms with Gasteiger partial charge in [0, 0.05) is 6.20 Å². The van der Waals surface area contributed by atoms with Crippen molar-refractivity contribution in [3.63, 3.8) is 0 Å². The van der Waals surface area contributed by atoms with Crippen LogP contribution in [0, 0.1) is 5.92 Å². The molecule has 1 saturated carbocycles. The van der Waals surface area contributed by atoms with E-state index in [4.69, 9.17) is 5.14 Å². The van der Waals surface area contributed by atoms with Crippen LogP contribution in [-0.4, -0.2) is 52.6 Å². The van der Waals surface area contributed by atoms with Gasteiger partial charge in [-0.25, -0.2) is 23.5 Å². The van der Waals surface area contributed by atoms with Crippen LogP contribution in [0.4, 0.5) is 5.82 Å². The fourth-order valence-corrected chi connectivity index (χ4v) is 3.07. The molecule has 1 aromatic rings. The number of aliphatic hydroxyl groups is 2. The lowest BCUT2D eigenvalue weighted by Crippen LogP contribution is -2.35. The van der Waals surface area contributed by atoms with Gasteiger partial charge in [-0.05, 0) is 24.8 Å². The predicted octanol–water partition coefficient (Wildman–Crippen LogP) is -1.32. The fourth-order valence-electron chi connectivity index (χ4n) is 2.44. The summed E-state index contributed by atoms with van der Waals surface area (Å²) in [6.45, 7) is 0. The van der Waals surface area contributed by atoms with Crippen LogP contribution in [0.15, 0.2) is 18.6 Å². The zero-order valence-corrected chi connectivity index (χ0v) is 11.6. The topological polar surface area (TPSA) is 138 Å². The van der Waals surface area contributed by atoms with Crippen molar-refractivity contribution in [3.05, 3.63) is 18.6 Å². The number of nitrogens with one attached hydrogen (secondary N) is 1. The van der Waals surface area contributed by atoms with Crippen molar-refractivity contribution in [2.45, 2.75) is 31.1 Å². The Morgan fingerprint density at radius 1 is 1.40 bits per heavy atom. The van der Waals surface area contributed by atoms with Crippen molar-refractivity contribution in [1.82, 2.24) is 9.97 Å². The van der Waals surface area contributed by atoms with Crippen LogP contribution in [0.25, 0.3) is 0 Å². The van der Waals surface area contributed by atoms with Gasteiger partial charge in [-0.3, -0.25) is 0 Å². The monoisotopic (exact) mass is 302 g/mol. The molecule has 1 aromatic heterocycles. The van der Waals surface area contributed by atoms with E-state index in [1.165, 1.54) is 6.33 Å². The molecule has 8 nitrogen and oxygen atoms in total. The van der Waals surface area contributed by atoms with Crippen molar-refractivity contribution in [3.8, 4) is 0 Å². The molecule has 0 aliphatic heterocycles. The van der Waals surface area contributed by atoms with E-state index in [1.54, 1.807) is 12.3 Å². The van der Waals surface area contributed by atoms with E-state index in [0.29, 0.717) is 12.2 Å². The Kier molecular flexibility index (Phi) is 4.53. The lowest BCUT2D eigenvalue weighted by Gasteiger charge is -2.18. The van der Waals surface area contributed by atoms with E-state index in [1.807, 2.05) is 0 Å². The molecule has 0 unspecified atom stereocenters. The minimum atomic E-state index is -3.56. The number of aromatic nitrogens is 2. The molecule has 20 heavy (non-hydrogen) atoms. The number of hydrogen-bond donors (Lipinski definition) is 4. The molecule has 112 valence electrons. The van der Waals surface area contributed by atoms with Gasteiger partial charge in [-0.15, -0.1) is 0 Å². The summed E-state index contributed by atoms with van der Waals surface area (Å²) in [6, 6.07) is 1.27. The molecule has 5 N–H and O–H groups in total. The van der Waals surface area contributed by atoms with Crippen LogP contribution >= 0.6 is 0 Å². The van der Waals surface area contributed by atoms with Gasteiger partial charge in [0.15, 0.2) is 0 Å². The molecule has 0 bridgehead atoms. The molecule has 0 amide bonds. The number of nitrogens with two attached hydrogens (primary N) is 1. The fraction of sp³-hybridized carbons (Fsp3) is 0.636. The highest BCUT2D eigenvalue weighted by molar-refractivity contribution is 7.89. The van der Waals surface area contributed by atoms with Crippen molar-refractivity contribution in [2.75, 3.05) is 11.1 Å². The third-order valence-electron chi connectivity index (χ3n) is 3.49. The molecule has 1 heterocycles. The largest absolute Gasteiger partial charge is 0.390 e. The Morgan fingerprint density at radius 2 is 2.15 bits per heavy atom. The molecule has 1 aliphatic carbocycles. The van der Waals surface area contributed by atoms with E-state index >= 15 is 0 Å². The van der Waals surface area contributed by atoms with E-state index in [9.17, 15) is 18.6 Å². The van der Waals surface area contributed by atoms with Gasteiger partial charge in [-0.1, -0.05) is 0 Å². The average Bonchev–Trinajstić information content (AvgIpc) is 2.65. The van der Waals surface area contributed by atoms with E-state index in [-0.39, 0.29) is 24.1 Å². The Bertz CT molecular complexity index is 539. The Labute approximate surface area is 117 Å². The highest BCUT2D eigenvalue weighted by atomic mass is 32.2. The minimum absolute atomic E-state index is 0.207. The highest BCUT2D eigenvalue weighted by Gasteiger charge is 2.41. The van der Waals surface area contributed by atoms with Gasteiger partial charge in [0.1, 0.15) is 18.2 Å². The summed E-state index contributed by atoms with van der Waals surface area (Å²) < 4.78 is 21.9. The summed E-state index contributed by atoms with van der Waals surface area (Å²) >= 11 is 0. The molecule has 1 aliphatic rings. The molecule has 2 rings (SSSR count). The Balaban J connectivity index is 1.96. The molecular weight excluding hydrogens is 284 g/mol. The summed E-state index contributed by atoms with van der Waals surface area (Å²) in [5, 5.41) is 27.9. The van der Waals surface area contributed by atoms with Crippen molar-refractivity contribution in [2.24, 2.45) is 11.1 Å². The molecular formula is C11H18N4O4S. The van der Waals surface area contributed by atoms with E-state index < -0.39 is 22.2 Å². The SMILES string of the molecule is NS(=O)(=O)CC[C@H]1C[C@@H](Nc2ccncn2)[C@H](O)[C@@H]1O. The first-order valence-electron chi connectivity index (χ1n) is 6.26. The second kappa shape index (κ2) is 6.00. The number of sulfonamides is 1. The normalized spacial score (nSPS) is 30.4. The summed E-state index contributed by atoms with van der Waals surface area (Å²) in [4.78, 5) is 7.76. The van der Waals surface area contributed by atoms with Crippen LogP contribution in [-0.2, 0) is 10.0 Å². The van der Waals surface area contributed by atoms with Crippen LogP contribution in [0.1, 0.15) is 12.8 Å². The molecule has 4 atom stereocenters. The lowest BCUT2D eigenvalue weighted by molar-refractivity contribution is 0.0168. The van der Waals surface area contributed by atoms with Crippen molar-refractivity contribution >= 4 is 15.8 Å². The second-order valence-corrected chi connectivity index (χ2v) is 6.71. The van der Waals surface area contributed by atoms with Crippen molar-refractivity contribution < 1.29 is 18.6 Å². The van der Waals surface area contributed by atoms with Crippen LogP contribution < -0.4 is 10.5 Å². The van der Waals surface area contributed by atoms with Gasteiger partial charge in [0.25, 0.3) is 0 Å². The summed E-state index contributed by atoms with van der Waals surface area (Å²) in [6.07, 6.45) is 1.65. The lowest BCUT2D eigenvalue weighted by atomic mass is 10.0.